The number of rotatable bonds is 7. The summed E-state index contributed by atoms with van der Waals surface area (Å²) in [6.45, 7) is 2.80. The molecule has 0 aromatic heterocycles. The Labute approximate surface area is 190 Å². The van der Waals surface area contributed by atoms with E-state index in [1.54, 1.807) is 4.90 Å². The van der Waals surface area contributed by atoms with Gasteiger partial charge in [-0.15, -0.1) is 0 Å². The second-order valence-electron chi connectivity index (χ2n) is 10.5. The van der Waals surface area contributed by atoms with Crippen LogP contribution in [0.4, 0.5) is 0 Å². The maximum atomic E-state index is 12.9. The fourth-order valence-corrected chi connectivity index (χ4v) is 6.02. The van der Waals surface area contributed by atoms with Crippen LogP contribution < -0.4 is 10.6 Å². The summed E-state index contributed by atoms with van der Waals surface area (Å²) in [4.78, 5) is 38.3. The van der Waals surface area contributed by atoms with Gasteiger partial charge in [0.25, 0.3) is 5.91 Å². The minimum atomic E-state index is -0.545. The number of nitrogens with one attached hydrogen (secondary N) is 2. The molecule has 0 radical (unpaired) electrons. The number of hydrogen-bond acceptors (Lipinski definition) is 4. The molecule has 3 fully saturated rings. The van der Waals surface area contributed by atoms with Crippen LogP contribution >= 0.6 is 0 Å². The molecule has 5 rings (SSSR count). The molecular formula is C26H35N3O3. The predicted octanol–water partition coefficient (Wildman–Crippen LogP) is 3.33. The summed E-state index contributed by atoms with van der Waals surface area (Å²) in [5, 5.41) is 6.32. The zero-order valence-corrected chi connectivity index (χ0v) is 19.1. The summed E-state index contributed by atoms with van der Waals surface area (Å²) in [6, 6.07) is 6.85. The molecule has 1 saturated heterocycles. The maximum Gasteiger partial charge on any atom is 0.255 e. The fourth-order valence-electron chi connectivity index (χ4n) is 6.02. The van der Waals surface area contributed by atoms with E-state index < -0.39 is 6.04 Å². The summed E-state index contributed by atoms with van der Waals surface area (Å²) in [5.74, 6) is 0.888. The van der Waals surface area contributed by atoms with Gasteiger partial charge >= 0.3 is 0 Å². The Hall–Kier alpha value is -2.21. The third-order valence-electron chi connectivity index (χ3n) is 7.88. The third kappa shape index (κ3) is 4.61. The first-order chi connectivity index (χ1) is 15.5. The smallest absolute Gasteiger partial charge is 0.255 e. The molecule has 2 aliphatic carbocycles. The number of nitrogens with zero attached hydrogens (tertiary/aromatic N) is 1. The van der Waals surface area contributed by atoms with Gasteiger partial charge in [0.1, 0.15) is 6.04 Å². The molecule has 3 unspecified atom stereocenters. The number of hydrogen-bond donors (Lipinski definition) is 2. The average molecular weight is 438 g/mol. The lowest BCUT2D eigenvalue weighted by Gasteiger charge is -2.35. The van der Waals surface area contributed by atoms with Crippen molar-refractivity contribution in [3.05, 3.63) is 34.9 Å². The summed E-state index contributed by atoms with van der Waals surface area (Å²) in [6.07, 6.45) is 11.0. The Bertz CT molecular complexity index is 910. The lowest BCUT2D eigenvalue weighted by molar-refractivity contribution is -0.136. The van der Waals surface area contributed by atoms with Gasteiger partial charge in [-0.3, -0.25) is 19.7 Å². The third-order valence-corrected chi connectivity index (χ3v) is 7.88. The van der Waals surface area contributed by atoms with Crippen molar-refractivity contribution in [2.75, 3.05) is 0 Å². The zero-order chi connectivity index (χ0) is 22.2. The Morgan fingerprint density at radius 3 is 2.69 bits per heavy atom. The minimum absolute atomic E-state index is 0.0906. The Balaban J connectivity index is 1.25. The van der Waals surface area contributed by atoms with Crippen LogP contribution in [-0.2, 0) is 22.6 Å². The topological polar surface area (TPSA) is 78.5 Å². The average Bonchev–Trinajstić information content (AvgIpc) is 3.51. The van der Waals surface area contributed by atoms with Gasteiger partial charge in [-0.25, -0.2) is 0 Å². The molecule has 4 aliphatic rings. The second-order valence-corrected chi connectivity index (χ2v) is 10.5. The number of benzene rings is 1. The van der Waals surface area contributed by atoms with Crippen molar-refractivity contribution in [2.45, 2.75) is 95.8 Å². The van der Waals surface area contributed by atoms with Gasteiger partial charge in [0.05, 0.1) is 0 Å². The molecule has 6 nitrogen and oxygen atoms in total. The molecule has 0 spiro atoms. The van der Waals surface area contributed by atoms with E-state index in [1.165, 1.54) is 50.5 Å². The standard InChI is InChI=1S/C26H35N3O3/c1-16(12-17-6-7-17)27-22-5-3-2-4-19(22)13-18-8-9-21-20(14-18)15-29(26(21)32)23-10-11-24(30)28-25(23)31/h8-9,14,16-17,19,22-23,27H,2-7,10-13,15H2,1H3,(H,28,30,31)/t16?,19-,22?,23?/m1/s1. The van der Waals surface area contributed by atoms with Gasteiger partial charge in [0.15, 0.2) is 0 Å². The maximum absolute atomic E-state index is 12.9. The van der Waals surface area contributed by atoms with Crippen LogP contribution in [0.3, 0.4) is 0 Å². The summed E-state index contributed by atoms with van der Waals surface area (Å²) in [5.41, 5.74) is 3.00. The molecule has 1 aromatic rings. The van der Waals surface area contributed by atoms with Gasteiger partial charge < -0.3 is 10.2 Å². The van der Waals surface area contributed by atoms with Crippen molar-refractivity contribution in [1.29, 1.82) is 0 Å². The van der Waals surface area contributed by atoms with Gasteiger partial charge in [-0.1, -0.05) is 37.8 Å². The summed E-state index contributed by atoms with van der Waals surface area (Å²) >= 11 is 0. The summed E-state index contributed by atoms with van der Waals surface area (Å²) in [7, 11) is 0. The molecule has 6 heteroatoms. The van der Waals surface area contributed by atoms with E-state index in [1.807, 2.05) is 6.07 Å². The Kier molecular flexibility index (Phi) is 6.06. The number of amides is 3. The molecule has 2 saturated carbocycles. The molecule has 2 N–H and O–H groups in total. The first kappa shape index (κ1) is 21.6. The van der Waals surface area contributed by atoms with Crippen LogP contribution in [0.1, 0.15) is 86.2 Å². The summed E-state index contributed by atoms with van der Waals surface area (Å²) < 4.78 is 0. The highest BCUT2D eigenvalue weighted by Gasteiger charge is 2.39. The lowest BCUT2D eigenvalue weighted by Crippen LogP contribution is -2.52. The van der Waals surface area contributed by atoms with Crippen molar-refractivity contribution in [3.8, 4) is 0 Å². The van der Waals surface area contributed by atoms with E-state index in [0.29, 0.717) is 36.5 Å². The monoisotopic (exact) mass is 437 g/mol. The van der Waals surface area contributed by atoms with Crippen LogP contribution in [0, 0.1) is 11.8 Å². The molecule has 2 heterocycles. The zero-order valence-electron chi connectivity index (χ0n) is 19.1. The van der Waals surface area contributed by atoms with Crippen LogP contribution in [0.25, 0.3) is 0 Å². The van der Waals surface area contributed by atoms with E-state index in [-0.39, 0.29) is 24.1 Å². The first-order valence-electron chi connectivity index (χ1n) is 12.5. The van der Waals surface area contributed by atoms with Gasteiger partial charge in [0, 0.05) is 30.6 Å². The Morgan fingerprint density at radius 1 is 1.09 bits per heavy atom. The molecular weight excluding hydrogens is 402 g/mol. The Morgan fingerprint density at radius 2 is 1.91 bits per heavy atom. The van der Waals surface area contributed by atoms with Gasteiger partial charge in [-0.05, 0) is 68.1 Å². The van der Waals surface area contributed by atoms with Gasteiger partial charge in [-0.2, -0.15) is 0 Å². The van der Waals surface area contributed by atoms with Crippen LogP contribution in [0.15, 0.2) is 18.2 Å². The van der Waals surface area contributed by atoms with Crippen molar-refractivity contribution >= 4 is 17.7 Å². The molecule has 4 atom stereocenters. The fraction of sp³-hybridized carbons (Fsp3) is 0.654. The molecule has 32 heavy (non-hydrogen) atoms. The highest BCUT2D eigenvalue weighted by molar-refractivity contribution is 6.05. The lowest BCUT2D eigenvalue weighted by atomic mass is 9.80. The molecule has 1 aromatic carbocycles. The number of imide groups is 1. The molecule has 3 amide bonds. The highest BCUT2D eigenvalue weighted by atomic mass is 16.2. The van der Waals surface area contributed by atoms with E-state index in [4.69, 9.17) is 0 Å². The van der Waals surface area contributed by atoms with Crippen molar-refractivity contribution in [2.24, 2.45) is 11.8 Å². The largest absolute Gasteiger partial charge is 0.322 e. The van der Waals surface area contributed by atoms with Crippen molar-refractivity contribution < 1.29 is 14.4 Å². The van der Waals surface area contributed by atoms with Crippen LogP contribution in [0.5, 0.6) is 0 Å². The predicted molar refractivity (Wildman–Crippen MR) is 122 cm³/mol. The number of carbonyl (C=O) groups excluding carboxylic acids is 3. The van der Waals surface area contributed by atoms with E-state index in [0.717, 1.165) is 17.9 Å². The van der Waals surface area contributed by atoms with Crippen molar-refractivity contribution in [1.82, 2.24) is 15.5 Å². The SMILES string of the molecule is CC(CC1CC1)NC1CCCC[C@@H]1Cc1ccc2c(c1)CN(C1CCC(=O)NC1=O)C2=O. The van der Waals surface area contributed by atoms with E-state index in [2.05, 4.69) is 29.7 Å². The van der Waals surface area contributed by atoms with E-state index >= 15 is 0 Å². The second kappa shape index (κ2) is 8.97. The van der Waals surface area contributed by atoms with Crippen LogP contribution in [-0.4, -0.2) is 40.7 Å². The van der Waals surface area contributed by atoms with E-state index in [9.17, 15) is 14.4 Å². The van der Waals surface area contributed by atoms with Crippen molar-refractivity contribution in [3.63, 3.8) is 0 Å². The first-order valence-corrected chi connectivity index (χ1v) is 12.5. The molecule has 172 valence electrons. The molecule has 0 bridgehead atoms. The van der Waals surface area contributed by atoms with Crippen LogP contribution in [0.2, 0.25) is 0 Å². The normalized spacial score (nSPS) is 29.1. The minimum Gasteiger partial charge on any atom is -0.322 e. The number of carbonyl (C=O) groups is 3. The number of piperidine rings is 1. The number of fused-ring (bicyclic) bond motifs is 1. The molecule has 2 aliphatic heterocycles. The quantitative estimate of drug-likeness (QED) is 0.642. The highest BCUT2D eigenvalue weighted by Crippen LogP contribution is 2.35. The van der Waals surface area contributed by atoms with Gasteiger partial charge in [0.2, 0.25) is 11.8 Å².